The van der Waals surface area contributed by atoms with Crippen LogP contribution in [0.1, 0.15) is 5.69 Å². The van der Waals surface area contributed by atoms with Crippen molar-refractivity contribution in [2.45, 2.75) is 6.42 Å². The Kier molecular flexibility index (Phi) is 4.25. The van der Waals surface area contributed by atoms with Gasteiger partial charge in [-0.1, -0.05) is 29.8 Å². The number of pyridine rings is 1. The van der Waals surface area contributed by atoms with Crippen LogP contribution in [0.5, 0.6) is 5.75 Å². The number of amides is 1. The molecule has 3 rings (SSSR count). The smallest absolute Gasteiger partial charge is 0.410 e. The summed E-state index contributed by atoms with van der Waals surface area (Å²) in [5.74, 6) is 0.516. The monoisotopic (exact) mass is 315 g/mol. The number of nitrogens with zero attached hydrogens (tertiary/aromatic N) is 2. The van der Waals surface area contributed by atoms with E-state index in [-0.39, 0.29) is 0 Å². The number of nitrogens with one attached hydrogen (secondary N) is 1. The molecule has 0 atom stereocenters. The first-order chi connectivity index (χ1) is 10.7. The van der Waals surface area contributed by atoms with Gasteiger partial charge in [0.05, 0.1) is 10.7 Å². The second-order valence-electron chi connectivity index (χ2n) is 4.72. The summed E-state index contributed by atoms with van der Waals surface area (Å²) in [5, 5.41) is 3.35. The number of halogens is 1. The van der Waals surface area contributed by atoms with Crippen molar-refractivity contribution in [1.82, 2.24) is 14.7 Å². The van der Waals surface area contributed by atoms with E-state index in [2.05, 4.69) is 10.3 Å². The molecule has 112 valence electrons. The molecule has 3 aromatic rings. The number of hydrogen-bond acceptors (Lipinski definition) is 3. The second kappa shape index (κ2) is 6.49. The molecule has 0 radical (unpaired) electrons. The summed E-state index contributed by atoms with van der Waals surface area (Å²) >= 11 is 5.93. The maximum Gasteiger partial charge on any atom is 0.412 e. The SMILES string of the molecule is O=C(NCCc1cn2cc(Cl)ccc2n1)Oc1ccccc1. The van der Waals surface area contributed by atoms with Gasteiger partial charge >= 0.3 is 6.09 Å². The van der Waals surface area contributed by atoms with Crippen LogP contribution in [-0.4, -0.2) is 22.0 Å². The normalized spacial score (nSPS) is 10.6. The number of fused-ring (bicyclic) bond motifs is 1. The minimum absolute atomic E-state index is 0.448. The molecule has 0 saturated heterocycles. The zero-order chi connectivity index (χ0) is 15.4. The Hall–Kier alpha value is -2.53. The number of benzene rings is 1. The molecule has 0 bridgehead atoms. The van der Waals surface area contributed by atoms with Gasteiger partial charge in [-0.25, -0.2) is 9.78 Å². The summed E-state index contributed by atoms with van der Waals surface area (Å²) in [5.41, 5.74) is 1.70. The lowest BCUT2D eigenvalue weighted by Gasteiger charge is -2.05. The number of carbonyl (C=O) groups excluding carboxylic acids is 1. The van der Waals surface area contributed by atoms with Gasteiger partial charge in [-0.15, -0.1) is 0 Å². The third-order valence-corrected chi connectivity index (χ3v) is 3.29. The van der Waals surface area contributed by atoms with Crippen LogP contribution in [-0.2, 0) is 6.42 Å². The van der Waals surface area contributed by atoms with Crippen LogP contribution in [0.3, 0.4) is 0 Å². The number of carbonyl (C=O) groups is 1. The van der Waals surface area contributed by atoms with E-state index in [0.717, 1.165) is 11.3 Å². The van der Waals surface area contributed by atoms with Gasteiger partial charge in [-0.2, -0.15) is 0 Å². The zero-order valence-electron chi connectivity index (χ0n) is 11.7. The molecule has 0 aliphatic rings. The maximum absolute atomic E-state index is 11.6. The number of ether oxygens (including phenoxy) is 1. The van der Waals surface area contributed by atoms with Crippen LogP contribution in [0.25, 0.3) is 5.65 Å². The number of imidazole rings is 1. The zero-order valence-corrected chi connectivity index (χ0v) is 12.5. The van der Waals surface area contributed by atoms with Crippen LogP contribution >= 0.6 is 11.6 Å². The molecule has 5 nitrogen and oxygen atoms in total. The van der Waals surface area contributed by atoms with Crippen molar-refractivity contribution < 1.29 is 9.53 Å². The van der Waals surface area contributed by atoms with Crippen molar-refractivity contribution in [2.75, 3.05) is 6.54 Å². The first-order valence-corrected chi connectivity index (χ1v) is 7.22. The molecule has 1 aromatic carbocycles. The van der Waals surface area contributed by atoms with Gasteiger partial charge in [0.1, 0.15) is 11.4 Å². The van der Waals surface area contributed by atoms with E-state index in [1.54, 1.807) is 24.4 Å². The van der Waals surface area contributed by atoms with E-state index < -0.39 is 6.09 Å². The molecule has 0 aliphatic carbocycles. The van der Waals surface area contributed by atoms with Crippen molar-refractivity contribution in [3.05, 3.63) is 65.6 Å². The Morgan fingerprint density at radius 1 is 1.18 bits per heavy atom. The Labute approximate surface area is 132 Å². The first-order valence-electron chi connectivity index (χ1n) is 6.84. The second-order valence-corrected chi connectivity index (χ2v) is 5.16. The predicted octanol–water partition coefficient (Wildman–Crippen LogP) is 3.32. The molecule has 2 heterocycles. The molecule has 1 N–H and O–H groups in total. The minimum Gasteiger partial charge on any atom is -0.410 e. The van der Waals surface area contributed by atoms with Crippen molar-refractivity contribution in [3.8, 4) is 5.75 Å². The highest BCUT2D eigenvalue weighted by Gasteiger charge is 2.05. The van der Waals surface area contributed by atoms with Gasteiger partial charge < -0.3 is 14.5 Å². The number of para-hydroxylation sites is 1. The van der Waals surface area contributed by atoms with Crippen molar-refractivity contribution in [3.63, 3.8) is 0 Å². The Bertz CT molecular complexity index is 786. The molecule has 2 aromatic heterocycles. The number of hydrogen-bond donors (Lipinski definition) is 1. The number of aromatic nitrogens is 2. The van der Waals surface area contributed by atoms with Gasteiger partial charge in [-0.05, 0) is 24.3 Å². The molecule has 0 unspecified atom stereocenters. The van der Waals surface area contributed by atoms with E-state index in [9.17, 15) is 4.79 Å². The fourth-order valence-electron chi connectivity index (χ4n) is 2.06. The molecule has 22 heavy (non-hydrogen) atoms. The topological polar surface area (TPSA) is 55.6 Å². The summed E-state index contributed by atoms with van der Waals surface area (Å²) in [7, 11) is 0. The Morgan fingerprint density at radius 2 is 2.00 bits per heavy atom. The quantitative estimate of drug-likeness (QED) is 0.803. The van der Waals surface area contributed by atoms with Crippen LogP contribution in [0.2, 0.25) is 5.02 Å². The van der Waals surface area contributed by atoms with E-state index in [1.807, 2.05) is 34.9 Å². The summed E-state index contributed by atoms with van der Waals surface area (Å²) in [6.45, 7) is 0.448. The summed E-state index contributed by atoms with van der Waals surface area (Å²) in [4.78, 5) is 16.1. The Morgan fingerprint density at radius 3 is 2.82 bits per heavy atom. The maximum atomic E-state index is 11.6. The fourth-order valence-corrected chi connectivity index (χ4v) is 2.23. The lowest BCUT2D eigenvalue weighted by Crippen LogP contribution is -2.28. The highest BCUT2D eigenvalue weighted by Crippen LogP contribution is 2.12. The first kappa shape index (κ1) is 14.4. The van der Waals surface area contributed by atoms with Crippen LogP contribution in [0.15, 0.2) is 54.9 Å². The molecule has 0 fully saturated rings. The van der Waals surface area contributed by atoms with E-state index in [0.29, 0.717) is 23.7 Å². The highest BCUT2D eigenvalue weighted by atomic mass is 35.5. The van der Waals surface area contributed by atoms with E-state index in [1.165, 1.54) is 0 Å². The molecular weight excluding hydrogens is 302 g/mol. The van der Waals surface area contributed by atoms with Crippen molar-refractivity contribution >= 4 is 23.3 Å². The van der Waals surface area contributed by atoms with Gasteiger partial charge in [0.25, 0.3) is 0 Å². The average Bonchev–Trinajstić information content (AvgIpc) is 2.90. The highest BCUT2D eigenvalue weighted by molar-refractivity contribution is 6.30. The van der Waals surface area contributed by atoms with Crippen LogP contribution in [0.4, 0.5) is 4.79 Å². The Balaban J connectivity index is 1.52. The number of rotatable bonds is 4. The minimum atomic E-state index is -0.474. The lowest BCUT2D eigenvalue weighted by atomic mass is 10.3. The van der Waals surface area contributed by atoms with Gasteiger partial charge in [-0.3, -0.25) is 0 Å². The predicted molar refractivity (Wildman–Crippen MR) is 84.4 cm³/mol. The van der Waals surface area contributed by atoms with Crippen molar-refractivity contribution in [1.29, 1.82) is 0 Å². The van der Waals surface area contributed by atoms with Crippen LogP contribution < -0.4 is 10.1 Å². The van der Waals surface area contributed by atoms with E-state index >= 15 is 0 Å². The average molecular weight is 316 g/mol. The molecular formula is C16H14ClN3O2. The third-order valence-electron chi connectivity index (χ3n) is 3.07. The van der Waals surface area contributed by atoms with Gasteiger partial charge in [0.15, 0.2) is 0 Å². The summed E-state index contributed by atoms with van der Waals surface area (Å²) in [6.07, 6.45) is 3.83. The van der Waals surface area contributed by atoms with Crippen molar-refractivity contribution in [2.24, 2.45) is 0 Å². The fraction of sp³-hybridized carbons (Fsp3) is 0.125. The third kappa shape index (κ3) is 3.56. The van der Waals surface area contributed by atoms with Gasteiger partial charge in [0, 0.05) is 25.4 Å². The molecule has 0 spiro atoms. The standard InChI is InChI=1S/C16H14ClN3O2/c17-12-6-7-15-19-13(11-20(15)10-12)8-9-18-16(21)22-14-4-2-1-3-5-14/h1-7,10-11H,8-9H2,(H,18,21). The lowest BCUT2D eigenvalue weighted by molar-refractivity contribution is 0.200. The molecule has 0 saturated carbocycles. The molecule has 0 aliphatic heterocycles. The van der Waals surface area contributed by atoms with E-state index in [4.69, 9.17) is 16.3 Å². The summed E-state index contributed by atoms with van der Waals surface area (Å²) < 4.78 is 6.99. The molecule has 6 heteroatoms. The largest absolute Gasteiger partial charge is 0.412 e. The molecule has 1 amide bonds. The summed E-state index contributed by atoms with van der Waals surface area (Å²) in [6, 6.07) is 12.6. The van der Waals surface area contributed by atoms with Gasteiger partial charge in [0.2, 0.25) is 0 Å². The van der Waals surface area contributed by atoms with Crippen LogP contribution in [0, 0.1) is 0 Å².